The van der Waals surface area contributed by atoms with Crippen molar-refractivity contribution in [2.24, 2.45) is 5.92 Å². The molecule has 1 aliphatic rings. The van der Waals surface area contributed by atoms with Gasteiger partial charge in [-0.15, -0.1) is 0 Å². The van der Waals surface area contributed by atoms with Gasteiger partial charge in [-0.3, -0.25) is 0 Å². The minimum atomic E-state index is 1.07. The van der Waals surface area contributed by atoms with Crippen molar-refractivity contribution in [3.63, 3.8) is 0 Å². The van der Waals surface area contributed by atoms with Crippen LogP contribution in [0.2, 0.25) is 0 Å². The van der Waals surface area contributed by atoms with Crippen molar-refractivity contribution in [2.45, 2.75) is 64.2 Å². The molecule has 1 aliphatic carbocycles. The van der Waals surface area contributed by atoms with Gasteiger partial charge in [-0.25, -0.2) is 0 Å². The van der Waals surface area contributed by atoms with Crippen molar-refractivity contribution in [1.82, 2.24) is 0 Å². The van der Waals surface area contributed by atoms with E-state index in [4.69, 9.17) is 0 Å². The molecule has 0 radical (unpaired) electrons. The van der Waals surface area contributed by atoms with E-state index in [0.717, 1.165) is 5.92 Å². The van der Waals surface area contributed by atoms with Crippen molar-refractivity contribution in [2.75, 3.05) is 0 Å². The molecule has 2 rings (SSSR count). The number of rotatable bonds is 6. The van der Waals surface area contributed by atoms with Crippen LogP contribution in [0.3, 0.4) is 0 Å². The lowest BCUT2D eigenvalue weighted by Crippen LogP contribution is -2.05. The molecule has 1 fully saturated rings. The summed E-state index contributed by atoms with van der Waals surface area (Å²) in [5.41, 5.74) is 1.50. The van der Waals surface area contributed by atoms with Crippen LogP contribution in [0.4, 0.5) is 0 Å². The fraction of sp³-hybridized carbons (Fsp3) is 0.647. The maximum Gasteiger partial charge on any atom is -0.0279 e. The molecular formula is C17H26. The summed E-state index contributed by atoms with van der Waals surface area (Å²) in [6.45, 7) is 0. The number of hydrogen-bond acceptors (Lipinski definition) is 0. The highest BCUT2D eigenvalue weighted by atomic mass is 14.2. The summed E-state index contributed by atoms with van der Waals surface area (Å²) in [5, 5.41) is 0. The quantitative estimate of drug-likeness (QED) is 0.576. The maximum atomic E-state index is 2.25. The van der Waals surface area contributed by atoms with Gasteiger partial charge < -0.3 is 0 Å². The van der Waals surface area contributed by atoms with Crippen molar-refractivity contribution in [1.29, 1.82) is 0 Å². The van der Waals surface area contributed by atoms with E-state index in [2.05, 4.69) is 30.3 Å². The smallest absolute Gasteiger partial charge is 0.0279 e. The molecule has 0 aliphatic heterocycles. The fourth-order valence-corrected chi connectivity index (χ4v) is 3.06. The Morgan fingerprint density at radius 1 is 0.824 bits per heavy atom. The van der Waals surface area contributed by atoms with E-state index >= 15 is 0 Å². The number of aryl methyl sites for hydroxylation is 1. The van der Waals surface area contributed by atoms with Crippen LogP contribution in [0, 0.1) is 5.92 Å². The highest BCUT2D eigenvalue weighted by Gasteiger charge is 2.12. The molecule has 0 heteroatoms. The number of benzene rings is 1. The first-order valence-electron chi connectivity index (χ1n) is 7.49. The number of unbranched alkanes of at least 4 members (excludes halogenated alkanes) is 2. The molecule has 0 spiro atoms. The zero-order chi connectivity index (χ0) is 11.8. The van der Waals surface area contributed by atoms with Crippen LogP contribution in [-0.4, -0.2) is 0 Å². The zero-order valence-corrected chi connectivity index (χ0v) is 11.0. The van der Waals surface area contributed by atoms with E-state index < -0.39 is 0 Å². The molecule has 0 saturated heterocycles. The summed E-state index contributed by atoms with van der Waals surface area (Å²) in [5.74, 6) is 1.07. The van der Waals surface area contributed by atoms with Gasteiger partial charge in [-0.2, -0.15) is 0 Å². The summed E-state index contributed by atoms with van der Waals surface area (Å²) in [7, 11) is 0. The Morgan fingerprint density at radius 3 is 2.35 bits per heavy atom. The SMILES string of the molecule is c1ccc(CCCCCC2CCCCC2)cc1. The molecule has 1 saturated carbocycles. The second kappa shape index (κ2) is 7.53. The predicted octanol–water partition coefficient (Wildman–Crippen LogP) is 5.37. The van der Waals surface area contributed by atoms with E-state index in [1.165, 1.54) is 69.8 Å². The highest BCUT2D eigenvalue weighted by Crippen LogP contribution is 2.27. The van der Waals surface area contributed by atoms with Gasteiger partial charge >= 0.3 is 0 Å². The summed E-state index contributed by atoms with van der Waals surface area (Å²) in [6, 6.07) is 10.9. The van der Waals surface area contributed by atoms with Gasteiger partial charge in [0, 0.05) is 0 Å². The van der Waals surface area contributed by atoms with Gasteiger partial charge in [0.15, 0.2) is 0 Å². The van der Waals surface area contributed by atoms with Crippen LogP contribution in [0.1, 0.15) is 63.4 Å². The van der Waals surface area contributed by atoms with Gasteiger partial charge in [-0.05, 0) is 24.3 Å². The normalized spacial score (nSPS) is 17.2. The first-order valence-corrected chi connectivity index (χ1v) is 7.49. The molecule has 0 bridgehead atoms. The third-order valence-electron chi connectivity index (χ3n) is 4.15. The lowest BCUT2D eigenvalue weighted by Gasteiger charge is -2.21. The van der Waals surface area contributed by atoms with Gasteiger partial charge in [0.25, 0.3) is 0 Å². The predicted molar refractivity (Wildman–Crippen MR) is 75.2 cm³/mol. The lowest BCUT2D eigenvalue weighted by molar-refractivity contribution is 0.328. The van der Waals surface area contributed by atoms with Crippen LogP contribution >= 0.6 is 0 Å². The molecule has 0 amide bonds. The highest BCUT2D eigenvalue weighted by molar-refractivity contribution is 5.14. The monoisotopic (exact) mass is 230 g/mol. The average Bonchev–Trinajstić information content (AvgIpc) is 2.41. The Morgan fingerprint density at radius 2 is 1.59 bits per heavy atom. The molecular weight excluding hydrogens is 204 g/mol. The minimum absolute atomic E-state index is 1.07. The Hall–Kier alpha value is -0.780. The average molecular weight is 230 g/mol. The summed E-state index contributed by atoms with van der Waals surface area (Å²) in [4.78, 5) is 0. The molecule has 0 aromatic heterocycles. The van der Waals surface area contributed by atoms with E-state index in [9.17, 15) is 0 Å². The van der Waals surface area contributed by atoms with Gasteiger partial charge in [0.2, 0.25) is 0 Å². The maximum absolute atomic E-state index is 2.25. The summed E-state index contributed by atoms with van der Waals surface area (Å²) in [6.07, 6.45) is 14.5. The first kappa shape index (κ1) is 12.7. The van der Waals surface area contributed by atoms with Crippen molar-refractivity contribution < 1.29 is 0 Å². The Labute approximate surface area is 106 Å². The van der Waals surface area contributed by atoms with Gasteiger partial charge in [-0.1, -0.05) is 81.7 Å². The molecule has 0 atom stereocenters. The Bertz CT molecular complexity index is 282. The van der Waals surface area contributed by atoms with Crippen molar-refractivity contribution >= 4 is 0 Å². The molecule has 0 nitrogen and oxygen atoms in total. The van der Waals surface area contributed by atoms with E-state index in [-0.39, 0.29) is 0 Å². The zero-order valence-electron chi connectivity index (χ0n) is 11.0. The van der Waals surface area contributed by atoms with E-state index in [1.54, 1.807) is 0 Å². The molecule has 0 unspecified atom stereocenters. The Balaban J connectivity index is 1.51. The molecule has 0 N–H and O–H groups in total. The molecule has 94 valence electrons. The molecule has 17 heavy (non-hydrogen) atoms. The second-order valence-corrected chi connectivity index (χ2v) is 5.59. The van der Waals surface area contributed by atoms with Crippen LogP contribution in [0.5, 0.6) is 0 Å². The summed E-state index contributed by atoms with van der Waals surface area (Å²) >= 11 is 0. The molecule has 1 aromatic rings. The lowest BCUT2D eigenvalue weighted by atomic mass is 9.85. The van der Waals surface area contributed by atoms with Gasteiger partial charge in [0.1, 0.15) is 0 Å². The van der Waals surface area contributed by atoms with Crippen LogP contribution in [0.15, 0.2) is 30.3 Å². The largest absolute Gasteiger partial charge is 0.0622 e. The van der Waals surface area contributed by atoms with Crippen molar-refractivity contribution in [3.05, 3.63) is 35.9 Å². The van der Waals surface area contributed by atoms with Crippen LogP contribution in [-0.2, 0) is 6.42 Å². The van der Waals surface area contributed by atoms with Crippen LogP contribution < -0.4 is 0 Å². The fourth-order valence-electron chi connectivity index (χ4n) is 3.06. The third kappa shape index (κ3) is 4.93. The number of hydrogen-bond donors (Lipinski definition) is 0. The summed E-state index contributed by atoms with van der Waals surface area (Å²) < 4.78 is 0. The third-order valence-corrected chi connectivity index (χ3v) is 4.15. The Kier molecular flexibility index (Phi) is 5.61. The molecule has 1 aromatic carbocycles. The van der Waals surface area contributed by atoms with E-state index in [1.807, 2.05) is 0 Å². The van der Waals surface area contributed by atoms with E-state index in [0.29, 0.717) is 0 Å². The minimum Gasteiger partial charge on any atom is -0.0622 e. The topological polar surface area (TPSA) is 0 Å². The van der Waals surface area contributed by atoms with Gasteiger partial charge in [0.05, 0.1) is 0 Å². The molecule has 0 heterocycles. The standard InChI is InChI=1S/C17H26/c1-4-10-16(11-5-1)14-8-3-9-15-17-12-6-2-7-13-17/h1,4-5,10-11,17H,2-3,6-9,12-15H2. The first-order chi connectivity index (χ1) is 8.45. The second-order valence-electron chi connectivity index (χ2n) is 5.59. The van der Waals surface area contributed by atoms with Crippen LogP contribution in [0.25, 0.3) is 0 Å². The van der Waals surface area contributed by atoms with Crippen molar-refractivity contribution in [3.8, 4) is 0 Å².